The normalized spacial score (nSPS) is 31.8. The molecule has 0 aromatic carbocycles. The molecule has 0 unspecified atom stereocenters. The van der Waals surface area contributed by atoms with Gasteiger partial charge in [-0.2, -0.15) is 0 Å². The maximum absolute atomic E-state index is 4.75. The Bertz CT molecular complexity index is 249. The zero-order valence-corrected chi connectivity index (χ0v) is 11.1. The van der Waals surface area contributed by atoms with E-state index >= 15 is 0 Å². The molecular formula is C14H26N2. The molecule has 1 aliphatic heterocycles. The third kappa shape index (κ3) is 2.58. The molecule has 0 N–H and O–H groups in total. The molecule has 2 nitrogen and oxygen atoms in total. The number of hydrogen-bond donors (Lipinski definition) is 0. The van der Waals surface area contributed by atoms with E-state index < -0.39 is 0 Å². The van der Waals surface area contributed by atoms with Gasteiger partial charge in [-0.15, -0.1) is 0 Å². The summed E-state index contributed by atoms with van der Waals surface area (Å²) in [6.45, 7) is 9.25. The Labute approximate surface area is 100 Å². The van der Waals surface area contributed by atoms with E-state index in [9.17, 15) is 0 Å². The number of rotatable bonds is 2. The summed E-state index contributed by atoms with van der Waals surface area (Å²) in [4.78, 5) is 7.37. The van der Waals surface area contributed by atoms with Gasteiger partial charge in [-0.3, -0.25) is 4.99 Å². The minimum atomic E-state index is 0.597. The van der Waals surface area contributed by atoms with Crippen LogP contribution in [-0.4, -0.2) is 29.9 Å². The highest BCUT2D eigenvalue weighted by Gasteiger charge is 2.28. The molecule has 0 radical (unpaired) electrons. The van der Waals surface area contributed by atoms with Gasteiger partial charge in [0, 0.05) is 25.0 Å². The largest absolute Gasteiger partial charge is 0.357 e. The van der Waals surface area contributed by atoms with Crippen LogP contribution in [0.25, 0.3) is 0 Å². The van der Waals surface area contributed by atoms with Crippen molar-refractivity contribution >= 4 is 5.84 Å². The van der Waals surface area contributed by atoms with E-state index in [4.69, 9.17) is 4.99 Å². The lowest BCUT2D eigenvalue weighted by molar-refractivity contribution is 0.200. The van der Waals surface area contributed by atoms with Gasteiger partial charge in [0.15, 0.2) is 0 Å². The molecule has 1 heterocycles. The van der Waals surface area contributed by atoms with Crippen LogP contribution >= 0.6 is 0 Å². The van der Waals surface area contributed by atoms with Crippen molar-refractivity contribution in [2.75, 3.05) is 13.1 Å². The summed E-state index contributed by atoms with van der Waals surface area (Å²) in [6.07, 6.45) is 6.83. The van der Waals surface area contributed by atoms with Crippen LogP contribution in [0.1, 0.15) is 52.9 Å². The first kappa shape index (κ1) is 11.9. The van der Waals surface area contributed by atoms with Gasteiger partial charge in [0.05, 0.1) is 0 Å². The third-order valence-corrected chi connectivity index (χ3v) is 4.07. The van der Waals surface area contributed by atoms with Crippen molar-refractivity contribution in [1.29, 1.82) is 0 Å². The molecule has 2 aliphatic rings. The minimum absolute atomic E-state index is 0.597. The molecule has 2 rings (SSSR count). The van der Waals surface area contributed by atoms with Crippen LogP contribution < -0.4 is 0 Å². The molecule has 16 heavy (non-hydrogen) atoms. The summed E-state index contributed by atoms with van der Waals surface area (Å²) < 4.78 is 0. The molecule has 0 aromatic rings. The van der Waals surface area contributed by atoms with Gasteiger partial charge in [0.1, 0.15) is 5.84 Å². The van der Waals surface area contributed by atoms with Crippen LogP contribution in [0.2, 0.25) is 0 Å². The summed E-state index contributed by atoms with van der Waals surface area (Å²) in [5.74, 6) is 2.92. The van der Waals surface area contributed by atoms with Gasteiger partial charge in [-0.05, 0) is 38.0 Å². The molecule has 2 heteroatoms. The average Bonchev–Trinajstić information content (AvgIpc) is 2.30. The highest BCUT2D eigenvalue weighted by molar-refractivity contribution is 5.84. The summed E-state index contributed by atoms with van der Waals surface area (Å²) in [6, 6.07) is 0.789. The molecular weight excluding hydrogens is 196 g/mol. The molecule has 0 saturated heterocycles. The topological polar surface area (TPSA) is 15.6 Å². The van der Waals surface area contributed by atoms with Crippen molar-refractivity contribution in [3.8, 4) is 0 Å². The van der Waals surface area contributed by atoms with E-state index in [0.29, 0.717) is 5.92 Å². The molecule has 0 amide bonds. The third-order valence-electron chi connectivity index (χ3n) is 4.07. The quantitative estimate of drug-likeness (QED) is 0.700. The van der Waals surface area contributed by atoms with Crippen LogP contribution in [0.4, 0.5) is 0 Å². The number of amidine groups is 1. The Balaban J connectivity index is 2.01. The second-order valence-electron chi connectivity index (χ2n) is 5.86. The zero-order chi connectivity index (χ0) is 11.5. The molecule has 0 spiro atoms. The average molecular weight is 222 g/mol. The van der Waals surface area contributed by atoms with Crippen LogP contribution in [0, 0.1) is 11.8 Å². The lowest BCUT2D eigenvalue weighted by atomic mass is 9.86. The van der Waals surface area contributed by atoms with Crippen molar-refractivity contribution in [3.05, 3.63) is 0 Å². The Hall–Kier alpha value is -0.530. The fraction of sp³-hybridized carbons (Fsp3) is 0.929. The van der Waals surface area contributed by atoms with Crippen molar-refractivity contribution in [3.63, 3.8) is 0 Å². The van der Waals surface area contributed by atoms with E-state index in [1.165, 1.54) is 44.5 Å². The highest BCUT2D eigenvalue weighted by atomic mass is 15.2. The van der Waals surface area contributed by atoms with Crippen LogP contribution in [0.15, 0.2) is 4.99 Å². The molecule has 1 saturated carbocycles. The maximum atomic E-state index is 4.75. The number of nitrogens with zero attached hydrogens (tertiary/aromatic N) is 2. The smallest absolute Gasteiger partial charge is 0.102 e. The first-order valence-electron chi connectivity index (χ1n) is 6.99. The van der Waals surface area contributed by atoms with Gasteiger partial charge in [0.25, 0.3) is 0 Å². The molecule has 0 atom stereocenters. The standard InChI is InChI=1S/C14H26N2/c1-11(2)14-15-9-4-10-16(14)13-7-5-12(3)6-8-13/h11-13H,4-10H2,1-3H3. The summed E-state index contributed by atoms with van der Waals surface area (Å²) in [7, 11) is 0. The first-order chi connectivity index (χ1) is 7.68. The van der Waals surface area contributed by atoms with Crippen molar-refractivity contribution in [2.24, 2.45) is 16.8 Å². The predicted octanol–water partition coefficient (Wildman–Crippen LogP) is 3.33. The monoisotopic (exact) mass is 222 g/mol. The second-order valence-corrected chi connectivity index (χ2v) is 5.86. The van der Waals surface area contributed by atoms with Crippen LogP contribution in [-0.2, 0) is 0 Å². The Morgan fingerprint density at radius 1 is 1.19 bits per heavy atom. The SMILES string of the molecule is CC1CCC(N2CCCN=C2C(C)C)CC1. The van der Waals surface area contributed by atoms with Crippen LogP contribution in [0.5, 0.6) is 0 Å². The molecule has 92 valence electrons. The Morgan fingerprint density at radius 3 is 2.50 bits per heavy atom. The number of aliphatic imine (C=N–C) groups is 1. The predicted molar refractivity (Wildman–Crippen MR) is 69.9 cm³/mol. The maximum Gasteiger partial charge on any atom is 0.102 e. The highest BCUT2D eigenvalue weighted by Crippen LogP contribution is 2.29. The van der Waals surface area contributed by atoms with E-state index in [-0.39, 0.29) is 0 Å². The first-order valence-corrected chi connectivity index (χ1v) is 6.99. The van der Waals surface area contributed by atoms with Gasteiger partial charge in [-0.25, -0.2) is 0 Å². The molecule has 0 bridgehead atoms. The Kier molecular flexibility index (Phi) is 3.88. The summed E-state index contributed by atoms with van der Waals surface area (Å²) in [5.41, 5.74) is 0. The molecule has 1 fully saturated rings. The van der Waals surface area contributed by atoms with E-state index in [1.807, 2.05) is 0 Å². The van der Waals surface area contributed by atoms with E-state index in [0.717, 1.165) is 18.5 Å². The van der Waals surface area contributed by atoms with Crippen LogP contribution in [0.3, 0.4) is 0 Å². The Morgan fingerprint density at radius 2 is 1.88 bits per heavy atom. The van der Waals surface area contributed by atoms with Gasteiger partial charge >= 0.3 is 0 Å². The summed E-state index contributed by atoms with van der Waals surface area (Å²) in [5, 5.41) is 0. The second kappa shape index (κ2) is 5.20. The fourth-order valence-corrected chi connectivity index (χ4v) is 3.08. The van der Waals surface area contributed by atoms with Crippen molar-refractivity contribution in [2.45, 2.75) is 58.9 Å². The number of hydrogen-bond acceptors (Lipinski definition) is 2. The van der Waals surface area contributed by atoms with Gasteiger partial charge in [-0.1, -0.05) is 20.8 Å². The van der Waals surface area contributed by atoms with E-state index in [2.05, 4.69) is 25.7 Å². The summed E-state index contributed by atoms with van der Waals surface area (Å²) >= 11 is 0. The fourth-order valence-electron chi connectivity index (χ4n) is 3.08. The van der Waals surface area contributed by atoms with Gasteiger partial charge in [0.2, 0.25) is 0 Å². The lowest BCUT2D eigenvalue weighted by Gasteiger charge is -2.41. The minimum Gasteiger partial charge on any atom is -0.357 e. The lowest BCUT2D eigenvalue weighted by Crippen LogP contribution is -2.46. The van der Waals surface area contributed by atoms with Crippen molar-refractivity contribution in [1.82, 2.24) is 4.90 Å². The van der Waals surface area contributed by atoms with Crippen molar-refractivity contribution < 1.29 is 0 Å². The molecule has 0 aromatic heterocycles. The van der Waals surface area contributed by atoms with E-state index in [1.54, 1.807) is 0 Å². The van der Waals surface area contributed by atoms with Gasteiger partial charge < -0.3 is 4.90 Å². The molecule has 1 aliphatic carbocycles. The zero-order valence-electron chi connectivity index (χ0n) is 11.1.